The van der Waals surface area contributed by atoms with Gasteiger partial charge in [-0.05, 0) is 47.1 Å². The fraction of sp³-hybridized carbons (Fsp3) is 0.545. The zero-order valence-electron chi connectivity index (χ0n) is 8.92. The van der Waals surface area contributed by atoms with Crippen LogP contribution in [-0.2, 0) is 11.2 Å². The van der Waals surface area contributed by atoms with Crippen LogP contribution in [0, 0.1) is 5.41 Å². The molecule has 1 rings (SSSR count). The number of rotatable bonds is 5. The van der Waals surface area contributed by atoms with E-state index in [1.165, 1.54) is 0 Å². The molecule has 2 nitrogen and oxygen atoms in total. The highest BCUT2D eigenvalue weighted by Crippen LogP contribution is 2.34. The van der Waals surface area contributed by atoms with Crippen molar-refractivity contribution in [2.75, 3.05) is 0 Å². The van der Waals surface area contributed by atoms with Crippen molar-refractivity contribution in [2.24, 2.45) is 5.41 Å². The Hall–Kier alpha value is -0.350. The molecular formula is C11H15BrO2S. The molecule has 1 N–H and O–H groups in total. The minimum absolute atomic E-state index is 0.606. The first-order chi connectivity index (χ1) is 6.99. The normalized spacial score (nSPS) is 14.9. The molecule has 1 heterocycles. The molecule has 0 radical (unpaired) electrons. The SMILES string of the molecule is CCCC(C)(Cc1sccc1Br)C(=O)O. The van der Waals surface area contributed by atoms with Gasteiger partial charge < -0.3 is 5.11 Å². The molecule has 0 saturated carbocycles. The largest absolute Gasteiger partial charge is 0.481 e. The first kappa shape index (κ1) is 12.7. The van der Waals surface area contributed by atoms with Crippen LogP contribution in [0.15, 0.2) is 15.9 Å². The van der Waals surface area contributed by atoms with Crippen LogP contribution in [0.1, 0.15) is 31.6 Å². The molecule has 0 spiro atoms. The van der Waals surface area contributed by atoms with E-state index in [0.29, 0.717) is 12.8 Å². The number of carboxylic acid groups (broad SMARTS) is 1. The third kappa shape index (κ3) is 3.05. The maximum Gasteiger partial charge on any atom is 0.309 e. The second kappa shape index (κ2) is 5.12. The molecule has 1 atom stereocenters. The van der Waals surface area contributed by atoms with Crippen LogP contribution in [0.2, 0.25) is 0 Å². The van der Waals surface area contributed by atoms with Crippen molar-refractivity contribution in [3.05, 3.63) is 20.8 Å². The Labute approximate surface area is 102 Å². The van der Waals surface area contributed by atoms with E-state index in [-0.39, 0.29) is 0 Å². The molecular weight excluding hydrogens is 276 g/mol. The summed E-state index contributed by atoms with van der Waals surface area (Å²) in [6.45, 7) is 3.84. The molecule has 1 unspecified atom stereocenters. The lowest BCUT2D eigenvalue weighted by molar-refractivity contribution is -0.148. The fourth-order valence-corrected chi connectivity index (χ4v) is 3.31. The summed E-state index contributed by atoms with van der Waals surface area (Å²) in [4.78, 5) is 12.4. The van der Waals surface area contributed by atoms with Gasteiger partial charge in [0.25, 0.3) is 0 Å². The van der Waals surface area contributed by atoms with Gasteiger partial charge in [-0.15, -0.1) is 11.3 Å². The molecule has 1 aromatic heterocycles. The summed E-state index contributed by atoms with van der Waals surface area (Å²) in [5.41, 5.74) is -0.637. The van der Waals surface area contributed by atoms with Crippen LogP contribution in [0.5, 0.6) is 0 Å². The monoisotopic (exact) mass is 290 g/mol. The van der Waals surface area contributed by atoms with Crippen LogP contribution in [0.4, 0.5) is 0 Å². The van der Waals surface area contributed by atoms with Crippen molar-refractivity contribution < 1.29 is 9.90 Å². The number of hydrogen-bond acceptors (Lipinski definition) is 2. The highest BCUT2D eigenvalue weighted by Gasteiger charge is 2.33. The average Bonchev–Trinajstić information content (AvgIpc) is 2.52. The van der Waals surface area contributed by atoms with Gasteiger partial charge in [-0.1, -0.05) is 13.3 Å². The van der Waals surface area contributed by atoms with E-state index in [2.05, 4.69) is 15.9 Å². The maximum absolute atomic E-state index is 11.2. The molecule has 0 aliphatic heterocycles. The molecule has 0 aromatic carbocycles. The molecule has 4 heteroatoms. The number of thiophene rings is 1. The van der Waals surface area contributed by atoms with E-state index < -0.39 is 11.4 Å². The Bertz CT molecular complexity index is 348. The summed E-state index contributed by atoms with van der Waals surface area (Å²) in [5, 5.41) is 11.2. The molecule has 0 bridgehead atoms. The number of carboxylic acids is 1. The van der Waals surface area contributed by atoms with Gasteiger partial charge in [0.2, 0.25) is 0 Å². The first-order valence-corrected chi connectivity index (χ1v) is 6.62. The Morgan fingerprint density at radius 3 is 2.73 bits per heavy atom. The van der Waals surface area contributed by atoms with E-state index in [9.17, 15) is 9.90 Å². The van der Waals surface area contributed by atoms with E-state index in [0.717, 1.165) is 15.8 Å². The average molecular weight is 291 g/mol. The number of carbonyl (C=O) groups is 1. The van der Waals surface area contributed by atoms with Crippen LogP contribution in [-0.4, -0.2) is 11.1 Å². The lowest BCUT2D eigenvalue weighted by Gasteiger charge is -2.23. The van der Waals surface area contributed by atoms with Crippen molar-refractivity contribution in [3.63, 3.8) is 0 Å². The van der Waals surface area contributed by atoms with Gasteiger partial charge in [-0.3, -0.25) is 4.79 Å². The predicted molar refractivity (Wildman–Crippen MR) is 66.4 cm³/mol. The summed E-state index contributed by atoms with van der Waals surface area (Å²) in [7, 11) is 0. The van der Waals surface area contributed by atoms with Gasteiger partial charge in [0.05, 0.1) is 5.41 Å². The first-order valence-electron chi connectivity index (χ1n) is 4.95. The van der Waals surface area contributed by atoms with Gasteiger partial charge in [-0.2, -0.15) is 0 Å². The Balaban J connectivity index is 2.84. The van der Waals surface area contributed by atoms with E-state index >= 15 is 0 Å². The molecule has 84 valence electrons. The van der Waals surface area contributed by atoms with E-state index in [1.54, 1.807) is 11.3 Å². The third-order valence-electron chi connectivity index (χ3n) is 2.56. The standard InChI is InChI=1S/C11H15BrO2S/c1-3-5-11(2,10(13)14)7-9-8(12)4-6-15-9/h4,6H,3,5,7H2,1-2H3,(H,13,14). The smallest absolute Gasteiger partial charge is 0.309 e. The Morgan fingerprint density at radius 1 is 1.67 bits per heavy atom. The minimum atomic E-state index is -0.704. The number of hydrogen-bond donors (Lipinski definition) is 1. The second-order valence-corrected chi connectivity index (χ2v) is 5.84. The van der Waals surface area contributed by atoms with Crippen LogP contribution < -0.4 is 0 Å². The second-order valence-electron chi connectivity index (χ2n) is 3.98. The fourth-order valence-electron chi connectivity index (χ4n) is 1.63. The molecule has 0 aliphatic carbocycles. The lowest BCUT2D eigenvalue weighted by atomic mass is 9.82. The molecule has 15 heavy (non-hydrogen) atoms. The summed E-state index contributed by atoms with van der Waals surface area (Å²) in [6.07, 6.45) is 2.22. The summed E-state index contributed by atoms with van der Waals surface area (Å²) >= 11 is 5.05. The minimum Gasteiger partial charge on any atom is -0.481 e. The molecule has 0 saturated heterocycles. The van der Waals surface area contributed by atoms with Crippen molar-refractivity contribution in [2.45, 2.75) is 33.1 Å². The van der Waals surface area contributed by atoms with Crippen LogP contribution in [0.25, 0.3) is 0 Å². The highest BCUT2D eigenvalue weighted by molar-refractivity contribution is 9.10. The van der Waals surface area contributed by atoms with Gasteiger partial charge in [0, 0.05) is 9.35 Å². The number of halogens is 1. The molecule has 0 fully saturated rings. The summed E-state index contributed by atoms with van der Waals surface area (Å²) in [6, 6.07) is 1.97. The van der Waals surface area contributed by atoms with Crippen molar-refractivity contribution in [1.29, 1.82) is 0 Å². The summed E-state index contributed by atoms with van der Waals surface area (Å²) < 4.78 is 1.02. The number of aliphatic carboxylic acids is 1. The van der Waals surface area contributed by atoms with Crippen molar-refractivity contribution in [3.8, 4) is 0 Å². The third-order valence-corrected chi connectivity index (χ3v) is 4.49. The van der Waals surface area contributed by atoms with Gasteiger partial charge >= 0.3 is 5.97 Å². The Morgan fingerprint density at radius 2 is 2.33 bits per heavy atom. The Kier molecular flexibility index (Phi) is 4.34. The van der Waals surface area contributed by atoms with Crippen LogP contribution >= 0.6 is 27.3 Å². The van der Waals surface area contributed by atoms with Crippen molar-refractivity contribution in [1.82, 2.24) is 0 Å². The maximum atomic E-state index is 11.2. The van der Waals surface area contributed by atoms with Crippen molar-refractivity contribution >= 4 is 33.2 Å². The molecule has 0 amide bonds. The predicted octanol–water partition coefficient (Wildman–Crippen LogP) is 3.94. The van der Waals surface area contributed by atoms with Gasteiger partial charge in [0.15, 0.2) is 0 Å². The molecule has 0 aliphatic rings. The lowest BCUT2D eigenvalue weighted by Crippen LogP contribution is -2.29. The quantitative estimate of drug-likeness (QED) is 0.892. The topological polar surface area (TPSA) is 37.3 Å². The van der Waals surface area contributed by atoms with Gasteiger partial charge in [0.1, 0.15) is 0 Å². The van der Waals surface area contributed by atoms with Crippen LogP contribution in [0.3, 0.4) is 0 Å². The highest BCUT2D eigenvalue weighted by atomic mass is 79.9. The van der Waals surface area contributed by atoms with E-state index in [4.69, 9.17) is 0 Å². The molecule has 1 aromatic rings. The summed E-state index contributed by atoms with van der Waals surface area (Å²) in [5.74, 6) is -0.704. The zero-order chi connectivity index (χ0) is 11.5. The van der Waals surface area contributed by atoms with E-state index in [1.807, 2.05) is 25.3 Å². The zero-order valence-corrected chi connectivity index (χ0v) is 11.3. The van der Waals surface area contributed by atoms with Gasteiger partial charge in [-0.25, -0.2) is 0 Å².